The zero-order valence-electron chi connectivity index (χ0n) is 22.1. The molecule has 0 saturated heterocycles. The zero-order chi connectivity index (χ0) is 23.3. The van der Waals surface area contributed by atoms with Gasteiger partial charge in [-0.05, 0) is 104 Å². The third kappa shape index (κ3) is 4.22. The highest BCUT2D eigenvalue weighted by atomic mass is 16.5. The van der Waals surface area contributed by atoms with Crippen molar-refractivity contribution in [2.45, 2.75) is 119 Å². The molecule has 2 heteroatoms. The summed E-state index contributed by atoms with van der Waals surface area (Å²) in [6.45, 7) is 16.6. The first-order valence-corrected chi connectivity index (χ1v) is 13.9. The van der Waals surface area contributed by atoms with Gasteiger partial charge >= 0.3 is 5.97 Å². The summed E-state index contributed by atoms with van der Waals surface area (Å²) in [6, 6.07) is 0. The molecule has 4 rings (SSSR count). The number of esters is 1. The Kier molecular flexibility index (Phi) is 6.92. The summed E-state index contributed by atoms with van der Waals surface area (Å²) in [6.07, 6.45) is 15.9. The van der Waals surface area contributed by atoms with E-state index in [0.29, 0.717) is 16.7 Å². The van der Waals surface area contributed by atoms with Crippen LogP contribution in [0.1, 0.15) is 113 Å². The Hall–Kier alpha value is -0.790. The lowest BCUT2D eigenvalue weighted by molar-refractivity contribution is -0.152. The maximum Gasteiger partial charge on any atom is 0.302 e. The van der Waals surface area contributed by atoms with Crippen molar-refractivity contribution in [2.75, 3.05) is 0 Å². The van der Waals surface area contributed by atoms with Crippen molar-refractivity contribution in [1.29, 1.82) is 0 Å². The number of allylic oxidation sites excluding steroid dienone is 2. The van der Waals surface area contributed by atoms with Gasteiger partial charge in [0.2, 0.25) is 0 Å². The molecule has 182 valence electrons. The molecule has 0 aromatic rings. The summed E-state index contributed by atoms with van der Waals surface area (Å²) in [7, 11) is 0. The molecule has 0 heterocycles. The van der Waals surface area contributed by atoms with Crippen molar-refractivity contribution < 1.29 is 9.53 Å². The quantitative estimate of drug-likeness (QED) is 0.306. The van der Waals surface area contributed by atoms with Crippen LogP contribution in [0.4, 0.5) is 0 Å². The number of hydrogen-bond donors (Lipinski definition) is 0. The van der Waals surface area contributed by atoms with Crippen LogP contribution in [0.5, 0.6) is 0 Å². The van der Waals surface area contributed by atoms with Gasteiger partial charge in [-0.2, -0.15) is 0 Å². The third-order valence-electron chi connectivity index (χ3n) is 11.3. The Morgan fingerprint density at radius 1 is 1.00 bits per heavy atom. The van der Waals surface area contributed by atoms with E-state index in [9.17, 15) is 4.79 Å². The number of fused-ring (bicyclic) bond motifs is 5. The summed E-state index contributed by atoms with van der Waals surface area (Å²) in [5.74, 6) is 5.58. The minimum atomic E-state index is -0.104. The molecule has 0 bridgehead atoms. The highest BCUT2D eigenvalue weighted by molar-refractivity contribution is 5.66. The van der Waals surface area contributed by atoms with Crippen molar-refractivity contribution in [3.63, 3.8) is 0 Å². The van der Waals surface area contributed by atoms with Crippen LogP contribution in [-0.2, 0) is 9.53 Å². The molecule has 3 fully saturated rings. The lowest BCUT2D eigenvalue weighted by Crippen LogP contribution is -2.50. The fourth-order valence-corrected chi connectivity index (χ4v) is 8.85. The normalized spacial score (nSPS) is 43.0. The molecule has 0 radical (unpaired) electrons. The minimum Gasteiger partial charge on any atom is -0.463 e. The van der Waals surface area contributed by atoms with Gasteiger partial charge in [0.05, 0.1) is 0 Å². The van der Waals surface area contributed by atoms with E-state index in [-0.39, 0.29) is 12.1 Å². The highest BCUT2D eigenvalue weighted by Crippen LogP contribution is 2.67. The summed E-state index contributed by atoms with van der Waals surface area (Å²) in [5.41, 5.74) is 2.79. The molecule has 4 aliphatic carbocycles. The van der Waals surface area contributed by atoms with Crippen molar-refractivity contribution in [3.05, 3.63) is 11.6 Å². The van der Waals surface area contributed by atoms with Crippen LogP contribution >= 0.6 is 0 Å². The van der Waals surface area contributed by atoms with E-state index in [1.54, 1.807) is 6.92 Å². The molecule has 0 aromatic heterocycles. The molecule has 0 aromatic carbocycles. The van der Waals surface area contributed by atoms with Crippen LogP contribution in [-0.4, -0.2) is 12.1 Å². The van der Waals surface area contributed by atoms with Gasteiger partial charge in [0, 0.05) is 6.92 Å². The van der Waals surface area contributed by atoms with Gasteiger partial charge in [-0.15, -0.1) is 0 Å². The maximum atomic E-state index is 11.5. The van der Waals surface area contributed by atoms with Crippen molar-refractivity contribution in [1.82, 2.24) is 0 Å². The van der Waals surface area contributed by atoms with E-state index in [2.05, 4.69) is 47.6 Å². The van der Waals surface area contributed by atoms with Gasteiger partial charge in [-0.25, -0.2) is 0 Å². The number of ether oxygens (including phenoxy) is 1. The smallest absolute Gasteiger partial charge is 0.302 e. The average molecular weight is 443 g/mol. The Morgan fingerprint density at radius 3 is 2.38 bits per heavy atom. The Bertz CT molecular complexity index is 722. The van der Waals surface area contributed by atoms with Gasteiger partial charge in [0.15, 0.2) is 0 Å². The molecule has 32 heavy (non-hydrogen) atoms. The Morgan fingerprint density at radius 2 is 1.69 bits per heavy atom. The van der Waals surface area contributed by atoms with Crippen LogP contribution in [0, 0.1) is 52.3 Å². The maximum absolute atomic E-state index is 11.5. The molecule has 4 aliphatic rings. The number of carbonyl (C=O) groups excluding carboxylic acids is 1. The predicted octanol–water partition coefficient (Wildman–Crippen LogP) is 8.21. The molecule has 2 nitrogen and oxygen atoms in total. The van der Waals surface area contributed by atoms with Gasteiger partial charge in [0.1, 0.15) is 6.10 Å². The van der Waals surface area contributed by atoms with E-state index in [1.165, 1.54) is 51.4 Å². The molecule has 1 unspecified atom stereocenters. The van der Waals surface area contributed by atoms with Gasteiger partial charge in [-0.1, -0.05) is 66.0 Å². The third-order valence-corrected chi connectivity index (χ3v) is 11.3. The van der Waals surface area contributed by atoms with Crippen LogP contribution in [0.15, 0.2) is 11.6 Å². The first kappa shape index (κ1) is 24.3. The fraction of sp³-hybridized carbons (Fsp3) is 0.900. The topological polar surface area (TPSA) is 26.3 Å². The monoisotopic (exact) mass is 442 g/mol. The summed E-state index contributed by atoms with van der Waals surface area (Å²) >= 11 is 0. The average Bonchev–Trinajstić information content (AvgIpc) is 3.08. The largest absolute Gasteiger partial charge is 0.463 e. The lowest BCUT2D eigenvalue weighted by Gasteiger charge is -2.58. The van der Waals surface area contributed by atoms with Crippen LogP contribution in [0.2, 0.25) is 0 Å². The summed E-state index contributed by atoms with van der Waals surface area (Å²) in [5, 5.41) is 0. The second-order valence-electron chi connectivity index (χ2n) is 13.3. The van der Waals surface area contributed by atoms with E-state index < -0.39 is 0 Å². The number of rotatable bonds is 6. The summed E-state index contributed by atoms with van der Waals surface area (Å²) in [4.78, 5) is 11.5. The van der Waals surface area contributed by atoms with Crippen LogP contribution in [0.25, 0.3) is 0 Å². The fourth-order valence-electron chi connectivity index (χ4n) is 8.85. The van der Waals surface area contributed by atoms with E-state index in [1.807, 2.05) is 5.57 Å². The first-order valence-electron chi connectivity index (χ1n) is 13.9. The lowest BCUT2D eigenvalue weighted by atomic mass is 9.47. The van der Waals surface area contributed by atoms with Gasteiger partial charge in [0.25, 0.3) is 0 Å². The molecule has 0 aliphatic heterocycles. The van der Waals surface area contributed by atoms with E-state index in [4.69, 9.17) is 4.74 Å². The molecule has 0 amide bonds. The van der Waals surface area contributed by atoms with Crippen molar-refractivity contribution in [3.8, 4) is 0 Å². The molecule has 0 spiro atoms. The van der Waals surface area contributed by atoms with Crippen molar-refractivity contribution in [2.24, 2.45) is 52.3 Å². The minimum absolute atomic E-state index is 0.104. The Labute approximate surface area is 198 Å². The van der Waals surface area contributed by atoms with Crippen LogP contribution in [0.3, 0.4) is 0 Å². The van der Waals surface area contributed by atoms with Gasteiger partial charge in [-0.3, -0.25) is 4.79 Å². The predicted molar refractivity (Wildman–Crippen MR) is 133 cm³/mol. The van der Waals surface area contributed by atoms with E-state index in [0.717, 1.165) is 48.3 Å². The standard InChI is InChI=1S/C30H50O2/c1-19(2)20(3)8-9-21(4)26-12-13-27-25-11-10-23-18-24(32-22(5)31)14-16-29(23,6)28(25)15-17-30(26,27)7/h11,19-21,23-24,26-28H,8-10,12-18H2,1-7H3/t20-,21-,23?,24+,26-,27+,28+,29+,30-/m1/s1. The molecule has 9 atom stereocenters. The molecule has 3 saturated carbocycles. The van der Waals surface area contributed by atoms with Crippen LogP contribution < -0.4 is 0 Å². The SMILES string of the molecule is CC(=O)O[C@H]1CC[C@@]2(C)C(CC=C3[C@@H]4CC[C@H]([C@H](C)CC[C@@H](C)C(C)C)[C@@]4(C)CC[C@@H]32)C1. The second kappa shape index (κ2) is 9.10. The molecule has 0 N–H and O–H groups in total. The highest BCUT2D eigenvalue weighted by Gasteiger charge is 2.58. The van der Waals surface area contributed by atoms with E-state index >= 15 is 0 Å². The second-order valence-corrected chi connectivity index (χ2v) is 13.3. The Balaban J connectivity index is 1.47. The van der Waals surface area contributed by atoms with Crippen molar-refractivity contribution >= 4 is 5.97 Å². The molecular weight excluding hydrogens is 392 g/mol. The first-order chi connectivity index (χ1) is 15.1. The zero-order valence-corrected chi connectivity index (χ0v) is 22.1. The summed E-state index contributed by atoms with van der Waals surface area (Å²) < 4.78 is 5.64. The number of carbonyl (C=O) groups is 1. The number of hydrogen-bond acceptors (Lipinski definition) is 2. The molecular formula is C30H50O2. The van der Waals surface area contributed by atoms with Gasteiger partial charge < -0.3 is 4.74 Å².